The molecule has 2 nitrogen and oxygen atoms in total. The van der Waals surface area contributed by atoms with Gasteiger partial charge in [-0.05, 0) is 68.2 Å². The maximum absolute atomic E-state index is 14.5. The third-order valence-electron chi connectivity index (χ3n) is 3.75. The van der Waals surface area contributed by atoms with Gasteiger partial charge >= 0.3 is 5.97 Å². The standard InChI is InChI=1S/C18H24ClFO2/c1-10(2)12-8-14(19)17(20)16(11-6-7-11)13(12)9-15(21)22-18(3,4)5/h8,10-11H,6-7,9H2,1-5H3. The van der Waals surface area contributed by atoms with Gasteiger partial charge in [0.05, 0.1) is 11.4 Å². The molecule has 0 aliphatic heterocycles. The van der Waals surface area contributed by atoms with Gasteiger partial charge in [-0.25, -0.2) is 4.39 Å². The Morgan fingerprint density at radius 3 is 2.45 bits per heavy atom. The summed E-state index contributed by atoms with van der Waals surface area (Å²) in [6.45, 7) is 9.55. The molecule has 0 amide bonds. The van der Waals surface area contributed by atoms with E-state index in [0.717, 1.165) is 24.0 Å². The van der Waals surface area contributed by atoms with Crippen LogP contribution >= 0.6 is 11.6 Å². The molecule has 0 radical (unpaired) electrons. The average molecular weight is 327 g/mol. The molecule has 4 heteroatoms. The average Bonchev–Trinajstić information content (AvgIpc) is 3.15. The maximum atomic E-state index is 14.5. The van der Waals surface area contributed by atoms with E-state index in [1.807, 2.05) is 34.6 Å². The molecule has 0 heterocycles. The molecule has 0 bridgehead atoms. The summed E-state index contributed by atoms with van der Waals surface area (Å²) in [5, 5.41) is 0.151. The first kappa shape index (κ1) is 17.3. The monoisotopic (exact) mass is 326 g/mol. The minimum absolute atomic E-state index is 0.102. The smallest absolute Gasteiger partial charge is 0.310 e. The molecular formula is C18H24ClFO2. The maximum Gasteiger partial charge on any atom is 0.310 e. The van der Waals surface area contributed by atoms with E-state index in [9.17, 15) is 9.18 Å². The van der Waals surface area contributed by atoms with Crippen LogP contribution in [0.15, 0.2) is 6.07 Å². The predicted molar refractivity (Wildman–Crippen MR) is 87.0 cm³/mol. The summed E-state index contributed by atoms with van der Waals surface area (Å²) >= 11 is 6.06. The molecular weight excluding hydrogens is 303 g/mol. The quantitative estimate of drug-likeness (QED) is 0.696. The predicted octanol–water partition coefficient (Wildman–Crippen LogP) is 5.36. The summed E-state index contributed by atoms with van der Waals surface area (Å²) in [6.07, 6.45) is 2.01. The molecule has 0 spiro atoms. The Kier molecular flexibility index (Phi) is 4.86. The van der Waals surface area contributed by atoms with Gasteiger partial charge in [-0.2, -0.15) is 0 Å². The second-order valence-electron chi connectivity index (χ2n) is 7.35. The van der Waals surface area contributed by atoms with E-state index in [4.69, 9.17) is 16.3 Å². The van der Waals surface area contributed by atoms with Crippen LogP contribution in [0.4, 0.5) is 4.39 Å². The molecule has 1 aromatic rings. The molecule has 2 rings (SSSR count). The van der Waals surface area contributed by atoms with Crippen LogP contribution in [0.3, 0.4) is 0 Å². The van der Waals surface area contributed by atoms with Gasteiger partial charge in [-0.3, -0.25) is 4.79 Å². The summed E-state index contributed by atoms with van der Waals surface area (Å²) in [5.41, 5.74) is 1.80. The molecule has 1 aliphatic rings. The van der Waals surface area contributed by atoms with Crippen LogP contribution in [0.5, 0.6) is 0 Å². The number of ether oxygens (including phenoxy) is 1. The van der Waals surface area contributed by atoms with Crippen LogP contribution in [-0.2, 0) is 16.0 Å². The van der Waals surface area contributed by atoms with Crippen molar-refractivity contribution in [2.75, 3.05) is 0 Å². The molecule has 22 heavy (non-hydrogen) atoms. The lowest BCUT2D eigenvalue weighted by Gasteiger charge is -2.22. The highest BCUT2D eigenvalue weighted by molar-refractivity contribution is 6.31. The second kappa shape index (κ2) is 6.19. The number of hydrogen-bond acceptors (Lipinski definition) is 2. The summed E-state index contributed by atoms with van der Waals surface area (Å²) in [7, 11) is 0. The Balaban J connectivity index is 2.43. The molecule has 1 fully saturated rings. The van der Waals surface area contributed by atoms with Gasteiger partial charge in [-0.15, -0.1) is 0 Å². The highest BCUT2D eigenvalue weighted by Gasteiger charge is 2.33. The lowest BCUT2D eigenvalue weighted by molar-refractivity contribution is -0.153. The molecule has 0 aromatic heterocycles. The van der Waals surface area contributed by atoms with Gasteiger partial charge < -0.3 is 4.74 Å². The summed E-state index contributed by atoms with van der Waals surface area (Å²) < 4.78 is 19.9. The van der Waals surface area contributed by atoms with E-state index >= 15 is 0 Å². The zero-order valence-electron chi connectivity index (χ0n) is 13.9. The number of hydrogen-bond donors (Lipinski definition) is 0. The zero-order chi connectivity index (χ0) is 16.7. The Hall–Kier alpha value is -1.09. The summed E-state index contributed by atoms with van der Waals surface area (Å²) in [6, 6.07) is 1.66. The Labute approximate surface area is 137 Å². The lowest BCUT2D eigenvalue weighted by atomic mass is 9.89. The van der Waals surface area contributed by atoms with Gasteiger partial charge in [0.1, 0.15) is 11.4 Å². The van der Waals surface area contributed by atoms with E-state index in [1.54, 1.807) is 6.07 Å². The zero-order valence-corrected chi connectivity index (χ0v) is 14.7. The van der Waals surface area contributed by atoms with Crippen molar-refractivity contribution in [1.82, 2.24) is 0 Å². The fraction of sp³-hybridized carbons (Fsp3) is 0.611. The fourth-order valence-corrected chi connectivity index (χ4v) is 2.95. The first-order valence-electron chi connectivity index (χ1n) is 7.82. The highest BCUT2D eigenvalue weighted by Crippen LogP contribution is 2.46. The van der Waals surface area contributed by atoms with Gasteiger partial charge in [0, 0.05) is 0 Å². The minimum atomic E-state index is -0.542. The van der Waals surface area contributed by atoms with E-state index in [0.29, 0.717) is 5.56 Å². The molecule has 0 unspecified atom stereocenters. The number of esters is 1. The molecule has 0 N–H and O–H groups in total. The van der Waals surface area contributed by atoms with Crippen molar-refractivity contribution in [3.63, 3.8) is 0 Å². The van der Waals surface area contributed by atoms with Crippen LogP contribution in [0.25, 0.3) is 0 Å². The third kappa shape index (κ3) is 4.01. The van der Waals surface area contributed by atoms with Gasteiger partial charge in [0.25, 0.3) is 0 Å². The van der Waals surface area contributed by atoms with Crippen LogP contribution in [0.1, 0.15) is 76.0 Å². The normalized spacial score (nSPS) is 15.3. The van der Waals surface area contributed by atoms with Crippen molar-refractivity contribution in [1.29, 1.82) is 0 Å². The molecule has 122 valence electrons. The fourth-order valence-electron chi connectivity index (χ4n) is 2.74. The number of carbonyl (C=O) groups is 1. The van der Waals surface area contributed by atoms with E-state index in [2.05, 4.69) is 0 Å². The first-order valence-corrected chi connectivity index (χ1v) is 8.20. The molecule has 1 aromatic carbocycles. The third-order valence-corrected chi connectivity index (χ3v) is 4.03. The van der Waals surface area contributed by atoms with Crippen LogP contribution < -0.4 is 0 Å². The van der Waals surface area contributed by atoms with Crippen molar-refractivity contribution in [3.8, 4) is 0 Å². The van der Waals surface area contributed by atoms with Crippen molar-refractivity contribution in [3.05, 3.63) is 33.6 Å². The molecule has 1 aliphatic carbocycles. The summed E-state index contributed by atoms with van der Waals surface area (Å²) in [4.78, 5) is 12.2. The topological polar surface area (TPSA) is 26.3 Å². The number of benzene rings is 1. The van der Waals surface area contributed by atoms with E-state index < -0.39 is 5.60 Å². The second-order valence-corrected chi connectivity index (χ2v) is 7.75. The van der Waals surface area contributed by atoms with Gasteiger partial charge in [-0.1, -0.05) is 25.4 Å². The van der Waals surface area contributed by atoms with E-state index in [1.165, 1.54) is 0 Å². The van der Waals surface area contributed by atoms with Crippen molar-refractivity contribution >= 4 is 17.6 Å². The van der Waals surface area contributed by atoms with Gasteiger partial charge in [0.15, 0.2) is 0 Å². The Morgan fingerprint density at radius 2 is 2.00 bits per heavy atom. The molecule has 0 atom stereocenters. The molecule has 1 saturated carbocycles. The minimum Gasteiger partial charge on any atom is -0.460 e. The number of halogens is 2. The highest BCUT2D eigenvalue weighted by atomic mass is 35.5. The SMILES string of the molecule is CC(C)c1cc(Cl)c(F)c(C2CC2)c1CC(=O)OC(C)(C)C. The molecule has 0 saturated heterocycles. The van der Waals surface area contributed by atoms with Crippen molar-refractivity contribution in [2.45, 2.75) is 71.3 Å². The van der Waals surface area contributed by atoms with Crippen LogP contribution in [0.2, 0.25) is 5.02 Å². The first-order chi connectivity index (χ1) is 10.1. The van der Waals surface area contributed by atoms with Crippen molar-refractivity contribution < 1.29 is 13.9 Å². The van der Waals surface area contributed by atoms with Gasteiger partial charge in [0.2, 0.25) is 0 Å². The lowest BCUT2D eigenvalue weighted by Crippen LogP contribution is -2.25. The number of rotatable bonds is 4. The summed E-state index contributed by atoms with van der Waals surface area (Å²) in [5.74, 6) is -0.327. The number of carbonyl (C=O) groups excluding carboxylic acids is 1. The van der Waals surface area contributed by atoms with E-state index in [-0.39, 0.29) is 35.1 Å². The Morgan fingerprint density at radius 1 is 1.41 bits per heavy atom. The van der Waals surface area contributed by atoms with Crippen LogP contribution in [0, 0.1) is 5.82 Å². The largest absolute Gasteiger partial charge is 0.460 e. The van der Waals surface area contributed by atoms with Crippen LogP contribution in [-0.4, -0.2) is 11.6 Å². The Bertz CT molecular complexity index is 584. The van der Waals surface area contributed by atoms with Crippen molar-refractivity contribution in [2.24, 2.45) is 0 Å².